The third kappa shape index (κ3) is 4.53. The Bertz CT molecular complexity index is 727. The van der Waals surface area contributed by atoms with Gasteiger partial charge in [0.25, 0.3) is 0 Å². The van der Waals surface area contributed by atoms with E-state index in [9.17, 15) is 13.6 Å². The number of amides is 1. The first kappa shape index (κ1) is 17.3. The van der Waals surface area contributed by atoms with E-state index in [-0.39, 0.29) is 30.1 Å². The van der Waals surface area contributed by atoms with E-state index in [4.69, 9.17) is 0 Å². The Hall–Kier alpha value is -2.50. The highest BCUT2D eigenvalue weighted by atomic mass is 19.3. The largest absolute Gasteiger partial charge is 0.349 e. The van der Waals surface area contributed by atoms with Crippen LogP contribution in [-0.2, 0) is 11.2 Å². The molecular weight excluding hydrogens is 324 g/mol. The summed E-state index contributed by atoms with van der Waals surface area (Å²) in [6, 6.07) is 9.00. The molecule has 1 aromatic carbocycles. The van der Waals surface area contributed by atoms with Crippen LogP contribution in [0.2, 0.25) is 0 Å². The fraction of sp³-hybridized carbons (Fsp3) is 0.368. The van der Waals surface area contributed by atoms with Crippen molar-refractivity contribution in [1.29, 1.82) is 0 Å². The molecule has 1 N–H and O–H groups in total. The average Bonchev–Trinajstić information content (AvgIpc) is 3.26. The van der Waals surface area contributed by atoms with Crippen LogP contribution in [0.25, 0.3) is 0 Å². The summed E-state index contributed by atoms with van der Waals surface area (Å²) >= 11 is 0. The first-order chi connectivity index (χ1) is 12.1. The second-order valence-corrected chi connectivity index (χ2v) is 6.23. The Morgan fingerprint density at radius 1 is 1.32 bits per heavy atom. The zero-order valence-electron chi connectivity index (χ0n) is 13.8. The van der Waals surface area contributed by atoms with Crippen molar-refractivity contribution < 1.29 is 13.6 Å². The Morgan fingerprint density at radius 2 is 2.12 bits per heavy atom. The van der Waals surface area contributed by atoms with E-state index >= 15 is 0 Å². The second kappa shape index (κ2) is 8.05. The number of hydrogen-bond donors (Lipinski definition) is 1. The standard InChI is InChI=1S/C19H21F2N3O/c20-19(21)24-11-10-22-17(24)13-16(15-8-2-1-3-9-15)23-18(25)12-14-6-4-5-7-14/h1-4,6,8-11,14,16,19H,5,7,12-13H2,(H,23,25)/t14-,16-/m1/s1. The van der Waals surface area contributed by atoms with Crippen LogP contribution in [0.15, 0.2) is 54.9 Å². The van der Waals surface area contributed by atoms with E-state index < -0.39 is 6.55 Å². The summed E-state index contributed by atoms with van der Waals surface area (Å²) in [4.78, 5) is 16.4. The third-order valence-corrected chi connectivity index (χ3v) is 4.44. The molecule has 1 amide bonds. The molecular formula is C19H21F2N3O. The maximum Gasteiger partial charge on any atom is 0.319 e. The van der Waals surface area contributed by atoms with Gasteiger partial charge in [0.15, 0.2) is 0 Å². The lowest BCUT2D eigenvalue weighted by molar-refractivity contribution is -0.122. The van der Waals surface area contributed by atoms with Crippen LogP contribution < -0.4 is 5.32 Å². The van der Waals surface area contributed by atoms with Crippen molar-refractivity contribution >= 4 is 5.91 Å². The number of carbonyl (C=O) groups is 1. The number of carbonyl (C=O) groups excluding carboxylic acids is 1. The number of nitrogens with zero attached hydrogens (tertiary/aromatic N) is 2. The Balaban J connectivity index is 1.74. The monoisotopic (exact) mass is 345 g/mol. The molecule has 0 saturated carbocycles. The van der Waals surface area contributed by atoms with E-state index in [2.05, 4.69) is 22.5 Å². The molecule has 25 heavy (non-hydrogen) atoms. The van der Waals surface area contributed by atoms with Gasteiger partial charge in [0.2, 0.25) is 5.91 Å². The summed E-state index contributed by atoms with van der Waals surface area (Å²) < 4.78 is 27.0. The van der Waals surface area contributed by atoms with Crippen molar-refractivity contribution in [2.75, 3.05) is 0 Å². The summed E-state index contributed by atoms with van der Waals surface area (Å²) in [7, 11) is 0. The number of hydrogen-bond acceptors (Lipinski definition) is 2. The highest BCUT2D eigenvalue weighted by Gasteiger charge is 2.21. The highest BCUT2D eigenvalue weighted by Crippen LogP contribution is 2.23. The predicted octanol–water partition coefficient (Wildman–Crippen LogP) is 4.03. The van der Waals surface area contributed by atoms with E-state index in [1.165, 1.54) is 12.4 Å². The SMILES string of the molecule is O=C(C[C@@H]1C=CCC1)N[C@H](Cc1nccn1C(F)F)c1ccccc1. The molecule has 0 bridgehead atoms. The van der Waals surface area contributed by atoms with Gasteiger partial charge in [-0.1, -0.05) is 42.5 Å². The molecule has 0 saturated heterocycles. The van der Waals surface area contributed by atoms with Gasteiger partial charge in [-0.2, -0.15) is 8.78 Å². The Kier molecular flexibility index (Phi) is 5.58. The molecule has 1 aromatic heterocycles. The smallest absolute Gasteiger partial charge is 0.319 e. The van der Waals surface area contributed by atoms with Gasteiger partial charge in [0.05, 0.1) is 6.04 Å². The van der Waals surface area contributed by atoms with Gasteiger partial charge in [-0.25, -0.2) is 4.98 Å². The maximum absolute atomic E-state index is 13.1. The van der Waals surface area contributed by atoms with E-state index in [0.29, 0.717) is 6.42 Å². The molecule has 4 nitrogen and oxygen atoms in total. The molecule has 1 aliphatic rings. The summed E-state index contributed by atoms with van der Waals surface area (Å²) in [5.41, 5.74) is 0.877. The minimum Gasteiger partial charge on any atom is -0.349 e. The maximum atomic E-state index is 13.1. The molecule has 0 unspecified atom stereocenters. The lowest BCUT2D eigenvalue weighted by atomic mass is 10.0. The van der Waals surface area contributed by atoms with Gasteiger partial charge in [0.1, 0.15) is 5.82 Å². The van der Waals surface area contributed by atoms with Gasteiger partial charge in [-0.3, -0.25) is 9.36 Å². The molecule has 132 valence electrons. The minimum atomic E-state index is -2.65. The fourth-order valence-electron chi connectivity index (χ4n) is 3.16. The van der Waals surface area contributed by atoms with Crippen molar-refractivity contribution in [1.82, 2.24) is 14.9 Å². The molecule has 6 heteroatoms. The molecule has 0 fully saturated rings. The molecule has 3 rings (SSSR count). The summed E-state index contributed by atoms with van der Waals surface area (Å²) in [5, 5.41) is 2.99. The number of imidazole rings is 1. The average molecular weight is 345 g/mol. The van der Waals surface area contributed by atoms with Crippen LogP contribution in [0.3, 0.4) is 0 Å². The summed E-state index contributed by atoms with van der Waals surface area (Å²) in [6.45, 7) is -2.65. The van der Waals surface area contributed by atoms with Crippen molar-refractivity contribution in [2.45, 2.75) is 38.3 Å². The van der Waals surface area contributed by atoms with E-state index in [1.807, 2.05) is 30.3 Å². The number of benzene rings is 1. The van der Waals surface area contributed by atoms with Gasteiger partial charge in [0, 0.05) is 25.2 Å². The molecule has 0 spiro atoms. The summed E-state index contributed by atoms with van der Waals surface area (Å²) in [6.07, 6.45) is 9.40. The number of rotatable bonds is 7. The van der Waals surface area contributed by atoms with Crippen molar-refractivity contribution in [3.63, 3.8) is 0 Å². The molecule has 0 aliphatic heterocycles. The van der Waals surface area contributed by atoms with Gasteiger partial charge < -0.3 is 5.32 Å². The van der Waals surface area contributed by atoms with Crippen molar-refractivity contribution in [3.8, 4) is 0 Å². The minimum absolute atomic E-state index is 0.0689. The highest BCUT2D eigenvalue weighted by molar-refractivity contribution is 5.77. The quantitative estimate of drug-likeness (QED) is 0.770. The fourth-order valence-corrected chi connectivity index (χ4v) is 3.16. The van der Waals surface area contributed by atoms with Crippen LogP contribution >= 0.6 is 0 Å². The van der Waals surface area contributed by atoms with Gasteiger partial charge >= 0.3 is 6.55 Å². The van der Waals surface area contributed by atoms with Crippen LogP contribution in [0.1, 0.15) is 43.2 Å². The number of allylic oxidation sites excluding steroid dienone is 2. The van der Waals surface area contributed by atoms with Gasteiger partial charge in [-0.05, 0) is 24.3 Å². The van der Waals surface area contributed by atoms with Crippen molar-refractivity contribution in [2.24, 2.45) is 5.92 Å². The van der Waals surface area contributed by atoms with Gasteiger partial charge in [-0.15, -0.1) is 0 Å². The summed E-state index contributed by atoms with van der Waals surface area (Å²) in [5.74, 6) is 0.449. The second-order valence-electron chi connectivity index (χ2n) is 6.23. The predicted molar refractivity (Wildman–Crippen MR) is 91.0 cm³/mol. The number of alkyl halides is 2. The Morgan fingerprint density at radius 3 is 2.80 bits per heavy atom. The molecule has 2 atom stereocenters. The molecule has 1 heterocycles. The molecule has 0 radical (unpaired) electrons. The lowest BCUT2D eigenvalue weighted by Crippen LogP contribution is -2.31. The van der Waals surface area contributed by atoms with Crippen LogP contribution in [0, 0.1) is 5.92 Å². The first-order valence-corrected chi connectivity index (χ1v) is 8.44. The topological polar surface area (TPSA) is 46.9 Å². The lowest BCUT2D eigenvalue weighted by Gasteiger charge is -2.20. The number of nitrogens with one attached hydrogen (secondary N) is 1. The van der Waals surface area contributed by atoms with E-state index in [1.54, 1.807) is 0 Å². The van der Waals surface area contributed by atoms with E-state index in [0.717, 1.165) is 23.0 Å². The zero-order valence-corrected chi connectivity index (χ0v) is 13.8. The zero-order chi connectivity index (χ0) is 17.6. The normalized spacial score (nSPS) is 17.8. The number of halogens is 2. The van der Waals surface area contributed by atoms with Crippen LogP contribution in [-0.4, -0.2) is 15.5 Å². The Labute approximate surface area is 145 Å². The van der Waals surface area contributed by atoms with Crippen LogP contribution in [0.5, 0.6) is 0 Å². The number of aromatic nitrogens is 2. The molecule has 1 aliphatic carbocycles. The molecule has 2 aromatic rings. The third-order valence-electron chi connectivity index (χ3n) is 4.44. The van der Waals surface area contributed by atoms with Crippen LogP contribution in [0.4, 0.5) is 8.78 Å². The van der Waals surface area contributed by atoms with Crippen molar-refractivity contribution in [3.05, 3.63) is 66.3 Å². The first-order valence-electron chi connectivity index (χ1n) is 8.44.